The maximum absolute atomic E-state index is 13.0. The molecular formula is C26H32ClN3O3. The Morgan fingerprint density at radius 3 is 2.73 bits per heavy atom. The van der Waals surface area contributed by atoms with Gasteiger partial charge in [-0.25, -0.2) is 4.79 Å². The van der Waals surface area contributed by atoms with Crippen LogP contribution < -0.4 is 0 Å². The van der Waals surface area contributed by atoms with E-state index < -0.39 is 5.60 Å². The van der Waals surface area contributed by atoms with Crippen molar-refractivity contribution < 1.29 is 14.3 Å². The Balaban J connectivity index is 1.54. The molecule has 33 heavy (non-hydrogen) atoms. The number of benzene rings is 1. The lowest BCUT2D eigenvalue weighted by atomic mass is 9.89. The lowest BCUT2D eigenvalue weighted by molar-refractivity contribution is -0.131. The maximum atomic E-state index is 13.0. The molecule has 0 radical (unpaired) electrons. The summed E-state index contributed by atoms with van der Waals surface area (Å²) < 4.78 is 5.66. The zero-order valence-corrected chi connectivity index (χ0v) is 20.6. The van der Waals surface area contributed by atoms with E-state index in [2.05, 4.69) is 4.98 Å². The topological polar surface area (TPSA) is 62.7 Å². The lowest BCUT2D eigenvalue weighted by Crippen LogP contribution is -2.39. The Labute approximate surface area is 200 Å². The molecule has 6 nitrogen and oxygen atoms in total. The number of amides is 2. The molecule has 2 amide bonds. The summed E-state index contributed by atoms with van der Waals surface area (Å²) in [6.07, 6.45) is 4.40. The van der Waals surface area contributed by atoms with E-state index in [9.17, 15) is 9.59 Å². The van der Waals surface area contributed by atoms with E-state index in [1.54, 1.807) is 6.20 Å². The molecule has 176 valence electrons. The van der Waals surface area contributed by atoms with Gasteiger partial charge in [0.2, 0.25) is 5.91 Å². The minimum Gasteiger partial charge on any atom is -0.444 e. The smallest absolute Gasteiger partial charge is 0.410 e. The Morgan fingerprint density at radius 1 is 1.21 bits per heavy atom. The van der Waals surface area contributed by atoms with E-state index in [1.165, 1.54) is 5.56 Å². The van der Waals surface area contributed by atoms with Crippen molar-refractivity contribution in [3.05, 3.63) is 63.4 Å². The minimum absolute atomic E-state index is 0.0469. The molecular weight excluding hydrogens is 438 g/mol. The fraction of sp³-hybridized carbons (Fsp3) is 0.500. The van der Waals surface area contributed by atoms with Crippen LogP contribution in [0, 0.1) is 6.92 Å². The van der Waals surface area contributed by atoms with E-state index in [-0.39, 0.29) is 18.0 Å². The van der Waals surface area contributed by atoms with Gasteiger partial charge in [-0.3, -0.25) is 9.78 Å². The third-order valence-corrected chi connectivity index (χ3v) is 6.46. The van der Waals surface area contributed by atoms with Gasteiger partial charge in [-0.15, -0.1) is 0 Å². The zero-order valence-electron chi connectivity index (χ0n) is 19.9. The van der Waals surface area contributed by atoms with Gasteiger partial charge in [0.15, 0.2) is 0 Å². The number of ether oxygens (including phenoxy) is 1. The molecule has 1 aromatic heterocycles. The zero-order chi connectivity index (χ0) is 23.8. The number of halogens is 1. The van der Waals surface area contributed by atoms with Crippen LogP contribution in [0.1, 0.15) is 67.6 Å². The van der Waals surface area contributed by atoms with Crippen molar-refractivity contribution in [1.82, 2.24) is 14.8 Å². The highest BCUT2D eigenvalue weighted by Gasteiger charge is 2.36. The van der Waals surface area contributed by atoms with Crippen molar-refractivity contribution in [3.63, 3.8) is 0 Å². The van der Waals surface area contributed by atoms with Crippen LogP contribution in [0.5, 0.6) is 0 Å². The fourth-order valence-corrected chi connectivity index (χ4v) is 5.08. The lowest BCUT2D eigenvalue weighted by Gasteiger charge is -2.34. The van der Waals surface area contributed by atoms with E-state index in [0.29, 0.717) is 31.1 Å². The molecule has 0 spiro atoms. The van der Waals surface area contributed by atoms with Crippen molar-refractivity contribution in [1.29, 1.82) is 0 Å². The summed E-state index contributed by atoms with van der Waals surface area (Å²) in [5, 5.41) is 0.638. The molecule has 0 N–H and O–H groups in total. The van der Waals surface area contributed by atoms with Crippen LogP contribution in [0.4, 0.5) is 4.79 Å². The molecule has 0 saturated carbocycles. The molecule has 4 rings (SSSR count). The second-order valence-corrected chi connectivity index (χ2v) is 10.4. The van der Waals surface area contributed by atoms with Gasteiger partial charge in [-0.2, -0.15) is 0 Å². The average Bonchev–Trinajstić information content (AvgIpc) is 3.21. The van der Waals surface area contributed by atoms with Crippen LogP contribution in [0.3, 0.4) is 0 Å². The predicted molar refractivity (Wildman–Crippen MR) is 128 cm³/mol. The molecule has 2 aliphatic heterocycles. The van der Waals surface area contributed by atoms with E-state index in [1.807, 2.05) is 61.8 Å². The Morgan fingerprint density at radius 2 is 2.00 bits per heavy atom. The molecule has 1 unspecified atom stereocenters. The minimum atomic E-state index is -0.536. The number of hydrogen-bond acceptors (Lipinski definition) is 4. The molecule has 1 aromatic carbocycles. The molecule has 1 fully saturated rings. The summed E-state index contributed by atoms with van der Waals surface area (Å²) in [5.41, 5.74) is 4.72. The number of pyridine rings is 1. The largest absolute Gasteiger partial charge is 0.444 e. The second-order valence-electron chi connectivity index (χ2n) is 10.0. The fourth-order valence-electron chi connectivity index (χ4n) is 4.83. The number of nitrogens with zero attached hydrogens (tertiary/aromatic N) is 3. The summed E-state index contributed by atoms with van der Waals surface area (Å²) in [4.78, 5) is 33.8. The van der Waals surface area contributed by atoms with Crippen molar-refractivity contribution in [2.45, 2.75) is 71.6 Å². The number of carbonyl (C=O) groups is 2. The van der Waals surface area contributed by atoms with Crippen LogP contribution in [0.2, 0.25) is 5.02 Å². The number of likely N-dealkylation sites (tertiary alicyclic amines) is 1. The van der Waals surface area contributed by atoms with Crippen molar-refractivity contribution in [2.24, 2.45) is 0 Å². The van der Waals surface area contributed by atoms with E-state index >= 15 is 0 Å². The maximum Gasteiger partial charge on any atom is 0.410 e. The summed E-state index contributed by atoms with van der Waals surface area (Å²) in [7, 11) is 0. The van der Waals surface area contributed by atoms with Crippen molar-refractivity contribution in [3.8, 4) is 0 Å². The quantitative estimate of drug-likeness (QED) is 0.616. The SMILES string of the molecule is Cc1cc(CC(=O)N2CCc3c(cc(Cl)cc3C3CCCN3C(=O)OC(C)(C)C)C2)ccn1. The average molecular weight is 470 g/mol. The Bertz CT molecular complexity index is 1060. The normalized spacial score (nSPS) is 18.3. The molecule has 7 heteroatoms. The van der Waals surface area contributed by atoms with Gasteiger partial charge < -0.3 is 14.5 Å². The van der Waals surface area contributed by atoms with Gasteiger partial charge in [0.05, 0.1) is 12.5 Å². The first kappa shape index (κ1) is 23.6. The van der Waals surface area contributed by atoms with Gasteiger partial charge in [-0.1, -0.05) is 11.6 Å². The third-order valence-electron chi connectivity index (χ3n) is 6.24. The molecule has 2 aromatic rings. The summed E-state index contributed by atoms with van der Waals surface area (Å²) in [6.45, 7) is 9.45. The number of hydrogen-bond donors (Lipinski definition) is 0. The highest BCUT2D eigenvalue weighted by atomic mass is 35.5. The Kier molecular flexibility index (Phi) is 6.66. The predicted octanol–water partition coefficient (Wildman–Crippen LogP) is 5.24. The molecule has 0 aliphatic carbocycles. The summed E-state index contributed by atoms with van der Waals surface area (Å²) >= 11 is 6.52. The first-order valence-electron chi connectivity index (χ1n) is 11.6. The summed E-state index contributed by atoms with van der Waals surface area (Å²) in [5.74, 6) is 0.101. The number of aryl methyl sites for hydroxylation is 1. The molecule has 1 saturated heterocycles. The van der Waals surface area contributed by atoms with E-state index in [0.717, 1.165) is 41.6 Å². The van der Waals surface area contributed by atoms with Crippen molar-refractivity contribution >= 4 is 23.6 Å². The van der Waals surface area contributed by atoms with Crippen LogP contribution in [0.25, 0.3) is 0 Å². The van der Waals surface area contributed by atoms with Gasteiger partial charge in [0.25, 0.3) is 0 Å². The molecule has 1 atom stereocenters. The Hall–Kier alpha value is -2.60. The molecule has 0 bridgehead atoms. The highest BCUT2D eigenvalue weighted by molar-refractivity contribution is 6.30. The first-order valence-corrected chi connectivity index (χ1v) is 12.0. The van der Waals surface area contributed by atoms with Crippen molar-refractivity contribution in [2.75, 3.05) is 13.1 Å². The number of aromatic nitrogens is 1. The number of rotatable bonds is 3. The number of carbonyl (C=O) groups excluding carboxylic acids is 2. The van der Waals surface area contributed by atoms with Gasteiger partial charge in [0.1, 0.15) is 5.60 Å². The van der Waals surface area contributed by atoms with Gasteiger partial charge in [-0.05, 0) is 93.5 Å². The van der Waals surface area contributed by atoms with Crippen LogP contribution in [-0.4, -0.2) is 45.5 Å². The first-order chi connectivity index (χ1) is 15.6. The number of fused-ring (bicyclic) bond motifs is 1. The molecule has 3 heterocycles. The standard InChI is InChI=1S/C26H32ClN3O3/c1-17-12-18(7-9-28-17)13-24(31)29-11-8-21-19(16-29)14-20(27)15-22(21)23-6-5-10-30(23)25(32)33-26(2,3)4/h7,9,12,14-15,23H,5-6,8,10-11,13,16H2,1-4H3. The van der Waals surface area contributed by atoms with E-state index in [4.69, 9.17) is 16.3 Å². The van der Waals surface area contributed by atoms with Crippen LogP contribution in [0.15, 0.2) is 30.5 Å². The van der Waals surface area contributed by atoms with Gasteiger partial charge >= 0.3 is 6.09 Å². The third kappa shape index (κ3) is 5.49. The molecule has 2 aliphatic rings. The van der Waals surface area contributed by atoms with Crippen LogP contribution in [-0.2, 0) is 28.9 Å². The highest BCUT2D eigenvalue weighted by Crippen LogP contribution is 2.39. The van der Waals surface area contributed by atoms with Crippen LogP contribution >= 0.6 is 11.6 Å². The monoisotopic (exact) mass is 469 g/mol. The second kappa shape index (κ2) is 9.34. The van der Waals surface area contributed by atoms with Gasteiger partial charge in [0, 0.05) is 36.5 Å². The summed E-state index contributed by atoms with van der Waals surface area (Å²) in [6, 6.07) is 7.75.